The number of hydrogen-bond acceptors (Lipinski definition) is 8. The zero-order valence-corrected chi connectivity index (χ0v) is 30.7. The molecule has 5 amide bonds. The number of rotatable bonds is 14. The van der Waals surface area contributed by atoms with Gasteiger partial charge < -0.3 is 40.9 Å². The maximum Gasteiger partial charge on any atom is 0.326 e. The highest BCUT2D eigenvalue weighted by Gasteiger charge is 2.36. The van der Waals surface area contributed by atoms with Crippen LogP contribution in [0.5, 0.6) is 5.75 Å². The third kappa shape index (κ3) is 13.1. The average molecular weight is 715 g/mol. The van der Waals surface area contributed by atoms with Gasteiger partial charge in [-0.15, -0.1) is 0 Å². The van der Waals surface area contributed by atoms with Crippen molar-refractivity contribution in [2.75, 3.05) is 40.3 Å². The van der Waals surface area contributed by atoms with E-state index in [4.69, 9.17) is 4.74 Å². The summed E-state index contributed by atoms with van der Waals surface area (Å²) in [7, 11) is 3.90. The van der Waals surface area contributed by atoms with Crippen molar-refractivity contribution < 1.29 is 38.6 Å². The first kappa shape index (κ1) is 41.2. The minimum atomic E-state index is -1.35. The van der Waals surface area contributed by atoms with Crippen molar-refractivity contribution in [2.45, 2.75) is 115 Å². The van der Waals surface area contributed by atoms with E-state index in [9.17, 15) is 33.9 Å². The number of ether oxygens (including phenoxy) is 1. The first-order chi connectivity index (χ1) is 24.4. The van der Waals surface area contributed by atoms with Crippen LogP contribution in [0.4, 0.5) is 0 Å². The van der Waals surface area contributed by atoms with Gasteiger partial charge in [0.1, 0.15) is 30.5 Å². The quantitative estimate of drug-likeness (QED) is 0.181. The molecule has 2 aliphatic rings. The first-order valence-electron chi connectivity index (χ1n) is 18.5. The molecule has 1 aromatic carbocycles. The molecule has 284 valence electrons. The second-order valence-corrected chi connectivity index (χ2v) is 13.8. The van der Waals surface area contributed by atoms with Gasteiger partial charge in [-0.05, 0) is 103 Å². The summed E-state index contributed by atoms with van der Waals surface area (Å²) in [6.45, 7) is 5.79. The summed E-state index contributed by atoms with van der Waals surface area (Å²) in [6.07, 6.45) is 5.71. The van der Waals surface area contributed by atoms with Gasteiger partial charge in [-0.1, -0.05) is 26.0 Å². The van der Waals surface area contributed by atoms with Crippen molar-refractivity contribution in [3.8, 4) is 5.75 Å². The third-order valence-electron chi connectivity index (χ3n) is 9.68. The molecule has 3 rings (SSSR count). The Kier molecular flexibility index (Phi) is 17.2. The van der Waals surface area contributed by atoms with E-state index in [1.165, 1.54) is 6.07 Å². The highest BCUT2D eigenvalue weighted by Crippen LogP contribution is 2.24. The van der Waals surface area contributed by atoms with Crippen LogP contribution in [0.25, 0.3) is 0 Å². The van der Waals surface area contributed by atoms with E-state index >= 15 is 0 Å². The van der Waals surface area contributed by atoms with Gasteiger partial charge in [-0.2, -0.15) is 0 Å². The number of aliphatic carboxylic acids is 1. The maximum atomic E-state index is 14.2. The lowest BCUT2D eigenvalue weighted by Crippen LogP contribution is -2.55. The lowest BCUT2D eigenvalue weighted by atomic mass is 10.0. The second kappa shape index (κ2) is 21.2. The first-order valence-corrected chi connectivity index (χ1v) is 18.5. The Labute approximate surface area is 301 Å². The molecule has 4 atom stereocenters. The third-order valence-corrected chi connectivity index (χ3v) is 9.68. The van der Waals surface area contributed by atoms with Crippen molar-refractivity contribution in [2.24, 2.45) is 5.92 Å². The number of para-hydroxylation sites is 1. The van der Waals surface area contributed by atoms with Crippen LogP contribution in [0.15, 0.2) is 24.3 Å². The van der Waals surface area contributed by atoms with Crippen LogP contribution >= 0.6 is 0 Å². The number of fused-ring (bicyclic) bond motifs is 2. The van der Waals surface area contributed by atoms with E-state index < -0.39 is 41.8 Å². The van der Waals surface area contributed by atoms with Gasteiger partial charge in [0.25, 0.3) is 5.91 Å². The standard InChI is InChI=1S/C37H58N6O8/c1-5-25(6-2)33(45)38-21-11-9-17-29-36(48)43-23-13-14-26(43)24-51-31-18-8-7-15-27(31)34(46)41-30(37(49)50)19-20-32(44)39-28(35(47)40-29)16-10-12-22-42(3)4/h7-8,15,18,25-26,28-30H,5-6,9-14,16-17,19-24H2,1-4H3,(H,38,45)(H,39,44)(H,40,47)(H,41,46)(H,49,50)/t26-,28-,29-,30-/m0/s1. The van der Waals surface area contributed by atoms with Crippen molar-refractivity contribution in [3.63, 3.8) is 0 Å². The smallest absolute Gasteiger partial charge is 0.326 e. The Bertz CT molecular complexity index is 1340. The molecule has 2 heterocycles. The predicted octanol–water partition coefficient (Wildman–Crippen LogP) is 2.46. The van der Waals surface area contributed by atoms with E-state index in [0.717, 1.165) is 32.2 Å². The number of carboxylic acid groups (broad SMARTS) is 1. The van der Waals surface area contributed by atoms with Crippen LogP contribution in [0, 0.1) is 5.92 Å². The summed E-state index contributed by atoms with van der Waals surface area (Å²) in [5.74, 6) is -3.00. The van der Waals surface area contributed by atoms with Crippen LogP contribution in [0.3, 0.4) is 0 Å². The number of benzene rings is 1. The van der Waals surface area contributed by atoms with Gasteiger partial charge in [0.2, 0.25) is 23.6 Å². The molecule has 1 saturated heterocycles. The number of carbonyl (C=O) groups excluding carboxylic acids is 5. The summed E-state index contributed by atoms with van der Waals surface area (Å²) < 4.78 is 6.10. The van der Waals surface area contributed by atoms with Crippen LogP contribution in [-0.4, -0.2) is 115 Å². The molecular formula is C37H58N6O8. The molecule has 14 nitrogen and oxygen atoms in total. The molecular weight excluding hydrogens is 656 g/mol. The van der Waals surface area contributed by atoms with E-state index in [0.29, 0.717) is 51.6 Å². The number of unbranched alkanes of at least 4 members (excludes halogenated alkanes) is 2. The summed E-state index contributed by atoms with van der Waals surface area (Å²) in [5.41, 5.74) is 0.143. The van der Waals surface area contributed by atoms with Gasteiger partial charge >= 0.3 is 5.97 Å². The number of carboxylic acids is 1. The average Bonchev–Trinajstić information content (AvgIpc) is 3.58. The molecule has 0 saturated carbocycles. The Hall–Kier alpha value is -4.20. The molecule has 2 aliphatic heterocycles. The highest BCUT2D eigenvalue weighted by atomic mass is 16.5. The number of nitrogens with one attached hydrogen (secondary N) is 4. The second-order valence-electron chi connectivity index (χ2n) is 13.8. The topological polar surface area (TPSA) is 186 Å². The van der Waals surface area contributed by atoms with Crippen molar-refractivity contribution in [1.29, 1.82) is 0 Å². The molecule has 0 bridgehead atoms. The molecule has 0 aromatic heterocycles. The van der Waals surface area contributed by atoms with Gasteiger partial charge in [-0.25, -0.2) is 4.79 Å². The van der Waals surface area contributed by atoms with E-state index in [-0.39, 0.29) is 54.5 Å². The van der Waals surface area contributed by atoms with E-state index in [2.05, 4.69) is 21.3 Å². The van der Waals surface area contributed by atoms with Crippen molar-refractivity contribution >= 4 is 35.5 Å². The van der Waals surface area contributed by atoms with Crippen LogP contribution in [0.1, 0.15) is 101 Å². The van der Waals surface area contributed by atoms with E-state index in [1.807, 2.05) is 32.8 Å². The molecule has 0 radical (unpaired) electrons. The van der Waals surface area contributed by atoms with Crippen LogP contribution in [-0.2, 0) is 24.0 Å². The molecule has 51 heavy (non-hydrogen) atoms. The van der Waals surface area contributed by atoms with Gasteiger partial charge in [0.05, 0.1) is 11.6 Å². The summed E-state index contributed by atoms with van der Waals surface area (Å²) in [4.78, 5) is 82.8. The number of amides is 5. The Balaban J connectivity index is 1.87. The number of nitrogens with zero attached hydrogens (tertiary/aromatic N) is 2. The van der Waals surface area contributed by atoms with Gasteiger partial charge in [0, 0.05) is 25.4 Å². The fourth-order valence-electron chi connectivity index (χ4n) is 6.56. The maximum absolute atomic E-state index is 14.2. The molecule has 5 N–H and O–H groups in total. The normalized spacial score (nSPS) is 22.2. The minimum absolute atomic E-state index is 0.0158. The minimum Gasteiger partial charge on any atom is -0.491 e. The molecule has 0 unspecified atom stereocenters. The lowest BCUT2D eigenvalue weighted by Gasteiger charge is -2.31. The highest BCUT2D eigenvalue weighted by molar-refractivity contribution is 5.99. The van der Waals surface area contributed by atoms with Crippen LogP contribution < -0.4 is 26.0 Å². The Morgan fingerprint density at radius 2 is 1.67 bits per heavy atom. The zero-order valence-electron chi connectivity index (χ0n) is 30.7. The van der Waals surface area contributed by atoms with Crippen LogP contribution in [0.2, 0.25) is 0 Å². The van der Waals surface area contributed by atoms with E-state index in [1.54, 1.807) is 23.1 Å². The Morgan fingerprint density at radius 1 is 0.961 bits per heavy atom. The predicted molar refractivity (Wildman–Crippen MR) is 192 cm³/mol. The largest absolute Gasteiger partial charge is 0.491 e. The fourth-order valence-corrected chi connectivity index (χ4v) is 6.56. The SMILES string of the molecule is CCC(CC)C(=O)NCCCC[C@@H]1NC(=O)[C@H](CCCCN(C)C)NC(=O)CC[C@@H](C(=O)O)NC(=O)c2ccccc2OC[C@@H]2CCCN2C1=O. The molecule has 0 spiro atoms. The molecule has 14 heteroatoms. The zero-order chi connectivity index (χ0) is 37.3. The molecule has 1 aromatic rings. The fraction of sp³-hybridized carbons (Fsp3) is 0.676. The van der Waals surface area contributed by atoms with Crippen molar-refractivity contribution in [1.82, 2.24) is 31.1 Å². The summed E-state index contributed by atoms with van der Waals surface area (Å²) in [6, 6.07) is 3.00. The Morgan fingerprint density at radius 3 is 2.37 bits per heavy atom. The van der Waals surface area contributed by atoms with Crippen molar-refractivity contribution in [3.05, 3.63) is 29.8 Å². The molecule has 0 aliphatic carbocycles. The summed E-state index contributed by atoms with van der Waals surface area (Å²) >= 11 is 0. The van der Waals surface area contributed by atoms with Gasteiger partial charge in [0.15, 0.2) is 0 Å². The monoisotopic (exact) mass is 714 g/mol. The lowest BCUT2D eigenvalue weighted by molar-refractivity contribution is -0.139. The number of carbonyl (C=O) groups is 6. The van der Waals surface area contributed by atoms with Gasteiger partial charge in [-0.3, -0.25) is 24.0 Å². The molecule has 1 fully saturated rings. The summed E-state index contributed by atoms with van der Waals surface area (Å²) in [5, 5.41) is 21.1. The number of hydrogen-bond donors (Lipinski definition) is 5.